The lowest BCUT2D eigenvalue weighted by Gasteiger charge is -2.16. The number of aromatic nitrogens is 2. The Labute approximate surface area is 132 Å². The number of aliphatic hydroxyl groups is 1. The highest BCUT2D eigenvalue weighted by Crippen LogP contribution is 2.27. The van der Waals surface area contributed by atoms with Gasteiger partial charge in [0.25, 0.3) is 5.56 Å². The van der Waals surface area contributed by atoms with Crippen LogP contribution in [0.4, 0.5) is 0 Å². The zero-order chi connectivity index (χ0) is 17.0. The zero-order valence-corrected chi connectivity index (χ0v) is 12.9. The first-order valence-corrected chi connectivity index (χ1v) is 7.23. The van der Waals surface area contributed by atoms with Gasteiger partial charge >= 0.3 is 11.7 Å². The van der Waals surface area contributed by atoms with Crippen LogP contribution in [0.1, 0.15) is 38.5 Å². The smallest absolute Gasteiger partial charge is 0.330 e. The molecule has 0 bridgehead atoms. The fourth-order valence-corrected chi connectivity index (χ4v) is 2.24. The number of hydrogen-bond acceptors (Lipinski definition) is 6. The average Bonchev–Trinajstić information content (AvgIpc) is 2.88. The third-order valence-corrected chi connectivity index (χ3v) is 3.44. The maximum absolute atomic E-state index is 11.9. The Balaban J connectivity index is 2.18. The fourth-order valence-electron chi connectivity index (χ4n) is 2.24. The quantitative estimate of drug-likeness (QED) is 0.572. The molecule has 1 aliphatic heterocycles. The van der Waals surface area contributed by atoms with Crippen molar-refractivity contribution in [2.45, 2.75) is 45.1 Å². The van der Waals surface area contributed by atoms with Gasteiger partial charge < -0.3 is 14.6 Å². The van der Waals surface area contributed by atoms with Crippen LogP contribution in [0.3, 0.4) is 0 Å². The molecule has 3 atom stereocenters. The van der Waals surface area contributed by atoms with Crippen LogP contribution in [-0.4, -0.2) is 39.4 Å². The minimum absolute atomic E-state index is 0.0932. The number of H-pyrrole nitrogens is 1. The Morgan fingerprint density at radius 1 is 1.57 bits per heavy atom. The molecule has 0 unspecified atom stereocenters. The van der Waals surface area contributed by atoms with Crippen molar-refractivity contribution in [2.24, 2.45) is 0 Å². The minimum Gasteiger partial charge on any atom is -0.463 e. The van der Waals surface area contributed by atoms with Gasteiger partial charge in [-0.3, -0.25) is 19.1 Å². The van der Waals surface area contributed by atoms with Crippen LogP contribution in [0.5, 0.6) is 0 Å². The van der Waals surface area contributed by atoms with Crippen molar-refractivity contribution in [3.8, 4) is 11.8 Å². The summed E-state index contributed by atoms with van der Waals surface area (Å²) in [7, 11) is 0. The highest BCUT2D eigenvalue weighted by Gasteiger charge is 2.36. The average molecular weight is 322 g/mol. The van der Waals surface area contributed by atoms with E-state index in [1.807, 2.05) is 0 Å². The normalized spacial score (nSPS) is 23.2. The molecule has 23 heavy (non-hydrogen) atoms. The summed E-state index contributed by atoms with van der Waals surface area (Å²) in [5.74, 6) is 4.78. The van der Waals surface area contributed by atoms with E-state index in [0.29, 0.717) is 0 Å². The molecule has 0 saturated carbocycles. The van der Waals surface area contributed by atoms with Crippen LogP contribution in [-0.2, 0) is 14.3 Å². The molecule has 0 radical (unpaired) electrons. The second-order valence-corrected chi connectivity index (χ2v) is 5.05. The number of nitrogens with one attached hydrogen (secondary N) is 1. The number of rotatable bonds is 4. The van der Waals surface area contributed by atoms with Gasteiger partial charge in [-0.25, -0.2) is 4.79 Å². The molecule has 8 heteroatoms. The molecule has 1 aliphatic rings. The molecule has 1 aromatic rings. The van der Waals surface area contributed by atoms with E-state index in [9.17, 15) is 19.5 Å². The molecule has 8 nitrogen and oxygen atoms in total. The topological polar surface area (TPSA) is 111 Å². The number of carbonyl (C=O) groups excluding carboxylic acids is 1. The maximum atomic E-state index is 11.9. The molecule has 2 rings (SSSR count). The molecular weight excluding hydrogens is 304 g/mol. The first-order valence-electron chi connectivity index (χ1n) is 7.23. The minimum atomic E-state index is -0.885. The molecule has 1 saturated heterocycles. The molecule has 2 heterocycles. The van der Waals surface area contributed by atoms with Crippen LogP contribution in [0, 0.1) is 11.8 Å². The summed E-state index contributed by atoms with van der Waals surface area (Å²) in [4.78, 5) is 36.9. The van der Waals surface area contributed by atoms with Crippen molar-refractivity contribution in [1.29, 1.82) is 0 Å². The third-order valence-electron chi connectivity index (χ3n) is 3.44. The molecule has 1 fully saturated rings. The van der Waals surface area contributed by atoms with E-state index in [1.165, 1.54) is 10.8 Å². The molecule has 0 aliphatic carbocycles. The first kappa shape index (κ1) is 17.0. The number of carbonyl (C=O) groups is 1. The monoisotopic (exact) mass is 322 g/mol. The zero-order valence-electron chi connectivity index (χ0n) is 12.9. The van der Waals surface area contributed by atoms with Gasteiger partial charge in [0.2, 0.25) is 0 Å². The number of aromatic amines is 1. The van der Waals surface area contributed by atoms with Gasteiger partial charge in [0, 0.05) is 19.0 Å². The standard InChI is InChI=1S/C15H18N2O6/c1-3-5-9-7-17(15(21)16-14(9)20)12-6-10(18)11(23-12)8-22-13(19)4-2/h7,10-12,18H,4,6,8H2,1-2H3,(H,16,20,21)/t10-,11+,12+/m0/s1. The van der Waals surface area contributed by atoms with Crippen LogP contribution in [0.2, 0.25) is 0 Å². The van der Waals surface area contributed by atoms with Gasteiger partial charge in [-0.1, -0.05) is 12.8 Å². The number of esters is 1. The van der Waals surface area contributed by atoms with Crippen LogP contribution >= 0.6 is 0 Å². The van der Waals surface area contributed by atoms with E-state index in [-0.39, 0.29) is 25.0 Å². The van der Waals surface area contributed by atoms with Crippen molar-refractivity contribution < 1.29 is 19.4 Å². The lowest BCUT2D eigenvalue weighted by molar-refractivity contribution is -0.149. The van der Waals surface area contributed by atoms with Crippen molar-refractivity contribution in [3.63, 3.8) is 0 Å². The maximum Gasteiger partial charge on any atom is 0.330 e. The summed E-state index contributed by atoms with van der Waals surface area (Å²) in [6.45, 7) is 3.14. The van der Waals surface area contributed by atoms with Crippen LogP contribution in [0.15, 0.2) is 15.8 Å². The summed E-state index contributed by atoms with van der Waals surface area (Å²) >= 11 is 0. The highest BCUT2D eigenvalue weighted by atomic mass is 16.6. The molecule has 0 spiro atoms. The molecule has 2 N–H and O–H groups in total. The molecular formula is C15H18N2O6. The Bertz CT molecular complexity index is 754. The van der Waals surface area contributed by atoms with Crippen molar-refractivity contribution in [1.82, 2.24) is 9.55 Å². The van der Waals surface area contributed by atoms with Crippen molar-refractivity contribution in [2.75, 3.05) is 6.61 Å². The van der Waals surface area contributed by atoms with E-state index in [4.69, 9.17) is 9.47 Å². The molecule has 0 amide bonds. The van der Waals surface area contributed by atoms with E-state index >= 15 is 0 Å². The third kappa shape index (κ3) is 3.88. The lowest BCUT2D eigenvalue weighted by Crippen LogP contribution is -2.33. The predicted molar refractivity (Wildman–Crippen MR) is 79.7 cm³/mol. The lowest BCUT2D eigenvalue weighted by atomic mass is 10.2. The van der Waals surface area contributed by atoms with E-state index in [1.54, 1.807) is 13.8 Å². The summed E-state index contributed by atoms with van der Waals surface area (Å²) in [6, 6.07) is 0. The van der Waals surface area contributed by atoms with Crippen LogP contribution in [0.25, 0.3) is 0 Å². The Kier molecular flexibility index (Phi) is 5.36. The number of aliphatic hydroxyl groups excluding tert-OH is 1. The van der Waals surface area contributed by atoms with E-state index in [0.717, 1.165) is 0 Å². The molecule has 124 valence electrons. The van der Waals surface area contributed by atoms with Crippen molar-refractivity contribution >= 4 is 5.97 Å². The number of ether oxygens (including phenoxy) is 2. The highest BCUT2D eigenvalue weighted by molar-refractivity contribution is 5.68. The summed E-state index contributed by atoms with van der Waals surface area (Å²) in [5, 5.41) is 9.99. The summed E-state index contributed by atoms with van der Waals surface area (Å²) in [6.07, 6.45) is -0.712. The SMILES string of the molecule is CC#Cc1cn([C@H]2C[C@H](O)[C@@H](COC(=O)CC)O2)c(=O)[nH]c1=O. The number of nitrogens with zero attached hydrogens (tertiary/aromatic N) is 1. The van der Waals surface area contributed by atoms with Gasteiger partial charge in [0.15, 0.2) is 0 Å². The van der Waals surface area contributed by atoms with Crippen molar-refractivity contribution in [3.05, 3.63) is 32.6 Å². The summed E-state index contributed by atoms with van der Waals surface area (Å²) in [5.41, 5.74) is -1.10. The molecule has 0 aromatic carbocycles. The Hall–Kier alpha value is -2.37. The van der Waals surface area contributed by atoms with Crippen LogP contribution < -0.4 is 11.2 Å². The predicted octanol–water partition coefficient (Wildman–Crippen LogP) is -0.490. The second-order valence-electron chi connectivity index (χ2n) is 5.05. The first-order chi connectivity index (χ1) is 11.0. The van der Waals surface area contributed by atoms with E-state index < -0.39 is 35.7 Å². The van der Waals surface area contributed by atoms with E-state index in [2.05, 4.69) is 16.8 Å². The van der Waals surface area contributed by atoms with Gasteiger partial charge in [0.1, 0.15) is 24.5 Å². The molecule has 1 aromatic heterocycles. The van der Waals surface area contributed by atoms with Gasteiger partial charge in [-0.05, 0) is 6.92 Å². The van der Waals surface area contributed by atoms with Gasteiger partial charge in [0.05, 0.1) is 6.10 Å². The Morgan fingerprint density at radius 2 is 2.30 bits per heavy atom. The largest absolute Gasteiger partial charge is 0.463 e. The fraction of sp³-hybridized carbons (Fsp3) is 0.533. The van der Waals surface area contributed by atoms with Gasteiger partial charge in [-0.15, -0.1) is 5.92 Å². The second kappa shape index (κ2) is 7.26. The summed E-state index contributed by atoms with van der Waals surface area (Å²) < 4.78 is 11.7. The van der Waals surface area contributed by atoms with Gasteiger partial charge in [-0.2, -0.15) is 0 Å². The Morgan fingerprint density at radius 3 is 2.96 bits per heavy atom. The number of hydrogen-bond donors (Lipinski definition) is 2.